The molecule has 166 valence electrons. The van der Waals surface area contributed by atoms with Gasteiger partial charge in [0, 0.05) is 19.2 Å². The zero-order chi connectivity index (χ0) is 21.7. The number of aromatic nitrogens is 1. The first-order valence-electron chi connectivity index (χ1n) is 11.4. The highest BCUT2D eigenvalue weighted by Gasteiger charge is 2.43. The summed E-state index contributed by atoms with van der Waals surface area (Å²) >= 11 is 0. The molecule has 1 atom stereocenters. The zero-order valence-corrected chi connectivity index (χ0v) is 18.2. The average Bonchev–Trinajstić information content (AvgIpc) is 3.28. The third-order valence-electron chi connectivity index (χ3n) is 6.45. The topological polar surface area (TPSA) is 84.7 Å². The molecule has 1 spiro atoms. The second-order valence-corrected chi connectivity index (χ2v) is 8.57. The van der Waals surface area contributed by atoms with Crippen LogP contribution in [0.4, 0.5) is 0 Å². The minimum Gasteiger partial charge on any atom is -0.491 e. The molecular formula is C24H31N3O4. The van der Waals surface area contributed by atoms with Gasteiger partial charge < -0.3 is 19.5 Å². The molecule has 1 fully saturated rings. The predicted octanol–water partition coefficient (Wildman–Crippen LogP) is 3.38. The third kappa shape index (κ3) is 4.75. The van der Waals surface area contributed by atoms with Crippen LogP contribution in [0.3, 0.4) is 0 Å². The summed E-state index contributed by atoms with van der Waals surface area (Å²) in [5, 5.41) is 7.01. The van der Waals surface area contributed by atoms with Crippen molar-refractivity contribution in [3.8, 4) is 5.75 Å². The fraction of sp³-hybridized carbons (Fsp3) is 0.542. The number of hydrogen-bond donors (Lipinski definition) is 1. The molecule has 1 aromatic carbocycles. The summed E-state index contributed by atoms with van der Waals surface area (Å²) in [5.74, 6) is 1.00. The van der Waals surface area contributed by atoms with E-state index in [1.165, 1.54) is 5.56 Å². The van der Waals surface area contributed by atoms with Gasteiger partial charge in [-0.05, 0) is 50.2 Å². The number of nitrogens with zero attached hydrogens (tertiary/aromatic N) is 2. The lowest BCUT2D eigenvalue weighted by atomic mass is 9.74. The molecule has 2 amide bonds. The number of hydrogen-bond acceptors (Lipinski definition) is 5. The number of carbonyl (C=O) groups excluding carboxylic acids is 2. The van der Waals surface area contributed by atoms with Crippen LogP contribution in [0.5, 0.6) is 5.75 Å². The first-order valence-corrected chi connectivity index (χ1v) is 11.4. The highest BCUT2D eigenvalue weighted by Crippen LogP contribution is 2.37. The Morgan fingerprint density at radius 2 is 2.06 bits per heavy atom. The number of ether oxygens (including phenoxy) is 1. The molecule has 31 heavy (non-hydrogen) atoms. The summed E-state index contributed by atoms with van der Waals surface area (Å²) in [4.78, 5) is 28.0. The van der Waals surface area contributed by atoms with Crippen molar-refractivity contribution in [1.82, 2.24) is 15.4 Å². The Hall–Kier alpha value is -2.83. The third-order valence-corrected chi connectivity index (χ3v) is 6.45. The monoisotopic (exact) mass is 425 g/mol. The number of para-hydroxylation sites is 1. The Morgan fingerprint density at radius 3 is 2.90 bits per heavy atom. The van der Waals surface area contributed by atoms with E-state index < -0.39 is 5.41 Å². The number of fused-ring (bicyclic) bond motifs is 1. The Morgan fingerprint density at radius 1 is 1.23 bits per heavy atom. The van der Waals surface area contributed by atoms with Crippen molar-refractivity contribution in [2.45, 2.75) is 51.9 Å². The molecule has 1 saturated heterocycles. The van der Waals surface area contributed by atoms with Crippen LogP contribution in [0.25, 0.3) is 0 Å². The van der Waals surface area contributed by atoms with Crippen molar-refractivity contribution in [1.29, 1.82) is 0 Å². The summed E-state index contributed by atoms with van der Waals surface area (Å²) in [7, 11) is 0. The Bertz CT molecular complexity index is 925. The first kappa shape index (κ1) is 21.4. The molecule has 7 nitrogen and oxygen atoms in total. The van der Waals surface area contributed by atoms with Gasteiger partial charge in [-0.15, -0.1) is 0 Å². The number of piperidine rings is 1. The minimum absolute atomic E-state index is 0.0225. The Labute approximate surface area is 183 Å². The summed E-state index contributed by atoms with van der Waals surface area (Å²) in [6.45, 7) is 3.90. The zero-order valence-electron chi connectivity index (χ0n) is 18.2. The number of nitrogens with one attached hydrogen (secondary N) is 1. The number of carbonyl (C=O) groups is 2. The smallest absolute Gasteiger partial charge is 0.292 e. The minimum atomic E-state index is -0.569. The van der Waals surface area contributed by atoms with E-state index in [9.17, 15) is 9.59 Å². The second-order valence-electron chi connectivity index (χ2n) is 8.57. The summed E-state index contributed by atoms with van der Waals surface area (Å²) < 4.78 is 11.2. The van der Waals surface area contributed by atoms with E-state index in [1.54, 1.807) is 11.0 Å². The van der Waals surface area contributed by atoms with Crippen molar-refractivity contribution in [3.05, 3.63) is 47.3 Å². The average molecular weight is 426 g/mol. The molecule has 0 saturated carbocycles. The van der Waals surface area contributed by atoms with Crippen LogP contribution in [-0.2, 0) is 17.6 Å². The van der Waals surface area contributed by atoms with E-state index in [2.05, 4.69) is 16.5 Å². The molecule has 2 aliphatic heterocycles. The summed E-state index contributed by atoms with van der Waals surface area (Å²) in [6, 6.07) is 9.82. The van der Waals surface area contributed by atoms with Crippen LogP contribution in [-0.4, -0.2) is 48.1 Å². The number of likely N-dealkylation sites (tertiary alicyclic amines) is 1. The SMILES string of the molecule is CCc1cc(C(=O)N2CCCC3(CCCCc4ccccc4OCCNC3=O)C2)on1. The lowest BCUT2D eigenvalue weighted by molar-refractivity contribution is -0.134. The summed E-state index contributed by atoms with van der Waals surface area (Å²) in [6.07, 6.45) is 5.90. The number of rotatable bonds is 2. The van der Waals surface area contributed by atoms with Gasteiger partial charge in [-0.25, -0.2) is 0 Å². The molecule has 1 N–H and O–H groups in total. The fourth-order valence-corrected chi connectivity index (χ4v) is 4.69. The van der Waals surface area contributed by atoms with Crippen LogP contribution >= 0.6 is 0 Å². The van der Waals surface area contributed by atoms with E-state index in [-0.39, 0.29) is 17.6 Å². The molecule has 0 radical (unpaired) electrons. The largest absolute Gasteiger partial charge is 0.491 e. The van der Waals surface area contributed by atoms with E-state index in [0.29, 0.717) is 32.7 Å². The quantitative estimate of drug-likeness (QED) is 0.797. The first-order chi connectivity index (χ1) is 15.1. The van der Waals surface area contributed by atoms with Crippen LogP contribution in [0, 0.1) is 5.41 Å². The maximum absolute atomic E-state index is 13.3. The molecular weight excluding hydrogens is 394 g/mol. The number of aryl methyl sites for hydroxylation is 2. The van der Waals surface area contributed by atoms with Gasteiger partial charge in [0.1, 0.15) is 12.4 Å². The summed E-state index contributed by atoms with van der Waals surface area (Å²) in [5.41, 5.74) is 1.40. The van der Waals surface area contributed by atoms with Gasteiger partial charge in [0.25, 0.3) is 5.91 Å². The van der Waals surface area contributed by atoms with Gasteiger partial charge in [0.2, 0.25) is 11.7 Å². The number of amides is 2. The lowest BCUT2D eigenvalue weighted by Gasteiger charge is -2.41. The maximum Gasteiger partial charge on any atom is 0.292 e. The molecule has 1 aromatic heterocycles. The van der Waals surface area contributed by atoms with E-state index in [4.69, 9.17) is 9.26 Å². The van der Waals surface area contributed by atoms with Gasteiger partial charge in [-0.3, -0.25) is 9.59 Å². The fourth-order valence-electron chi connectivity index (χ4n) is 4.69. The van der Waals surface area contributed by atoms with Crippen molar-refractivity contribution in [2.24, 2.45) is 5.41 Å². The Kier molecular flexibility index (Phi) is 6.59. The molecule has 7 heteroatoms. The molecule has 0 bridgehead atoms. The van der Waals surface area contributed by atoms with Crippen molar-refractivity contribution in [2.75, 3.05) is 26.2 Å². The van der Waals surface area contributed by atoms with Crippen LogP contribution in [0.1, 0.15) is 60.8 Å². The standard InChI is InChI=1S/C24H31N3O4/c1-2-19-16-21(31-26-19)22(28)27-14-7-12-24(17-27)11-6-5-9-18-8-3-4-10-20(18)30-15-13-25-23(24)29/h3-4,8,10,16H,2,5-7,9,11-15,17H2,1H3,(H,25,29). The second kappa shape index (κ2) is 9.54. The van der Waals surface area contributed by atoms with Gasteiger partial charge >= 0.3 is 0 Å². The lowest BCUT2D eigenvalue weighted by Crippen LogP contribution is -2.54. The van der Waals surface area contributed by atoms with Gasteiger partial charge in [-0.2, -0.15) is 0 Å². The Balaban J connectivity index is 1.49. The van der Waals surface area contributed by atoms with Gasteiger partial charge in [0.05, 0.1) is 17.7 Å². The van der Waals surface area contributed by atoms with Crippen molar-refractivity contribution in [3.63, 3.8) is 0 Å². The molecule has 1 unspecified atom stereocenters. The normalized spacial score (nSPS) is 22.6. The van der Waals surface area contributed by atoms with Gasteiger partial charge in [0.15, 0.2) is 0 Å². The maximum atomic E-state index is 13.3. The van der Waals surface area contributed by atoms with Gasteiger partial charge in [-0.1, -0.05) is 36.7 Å². The van der Waals surface area contributed by atoms with E-state index in [0.717, 1.165) is 50.0 Å². The molecule has 2 aliphatic rings. The van der Waals surface area contributed by atoms with Crippen molar-refractivity contribution >= 4 is 11.8 Å². The van der Waals surface area contributed by atoms with E-state index >= 15 is 0 Å². The van der Waals surface area contributed by atoms with Crippen LogP contribution in [0.2, 0.25) is 0 Å². The highest BCUT2D eigenvalue weighted by molar-refractivity contribution is 5.92. The van der Waals surface area contributed by atoms with E-state index in [1.807, 2.05) is 25.1 Å². The van der Waals surface area contributed by atoms with Crippen molar-refractivity contribution < 1.29 is 18.8 Å². The van der Waals surface area contributed by atoms with Crippen LogP contribution in [0.15, 0.2) is 34.9 Å². The number of benzene rings is 1. The molecule has 4 rings (SSSR count). The highest BCUT2D eigenvalue weighted by atomic mass is 16.5. The predicted molar refractivity (Wildman–Crippen MR) is 116 cm³/mol. The van der Waals surface area contributed by atoms with Crippen LogP contribution < -0.4 is 10.1 Å². The molecule has 2 aromatic rings. The molecule has 3 heterocycles. The molecule has 0 aliphatic carbocycles.